The summed E-state index contributed by atoms with van der Waals surface area (Å²) >= 11 is 0. The van der Waals surface area contributed by atoms with Gasteiger partial charge in [0.1, 0.15) is 0 Å². The quantitative estimate of drug-likeness (QED) is 0.371. The molecule has 0 aliphatic heterocycles. The van der Waals surface area contributed by atoms with Crippen LogP contribution in [0, 0.1) is 5.41 Å². The second kappa shape index (κ2) is 13.4. The van der Waals surface area contributed by atoms with Crippen molar-refractivity contribution >= 4 is 0 Å². The molecule has 0 unspecified atom stereocenters. The van der Waals surface area contributed by atoms with E-state index >= 15 is 0 Å². The molecule has 138 valence electrons. The van der Waals surface area contributed by atoms with Gasteiger partial charge < -0.3 is 20.6 Å². The Hall–Kier alpha value is -0.940. The molecule has 0 aliphatic rings. The van der Waals surface area contributed by atoms with Gasteiger partial charge in [0.2, 0.25) is 0 Å². The van der Waals surface area contributed by atoms with Crippen LogP contribution >= 0.6 is 0 Å². The topological polar surface area (TPSA) is 72.7 Å². The van der Waals surface area contributed by atoms with Gasteiger partial charge in [0.25, 0.3) is 0 Å². The molecule has 0 heterocycles. The van der Waals surface area contributed by atoms with E-state index in [0.717, 1.165) is 25.9 Å². The maximum atomic E-state index is 9.27. The van der Waals surface area contributed by atoms with Crippen molar-refractivity contribution in [3.8, 4) is 0 Å². The average molecular weight is 338 g/mol. The molecule has 0 bridgehead atoms. The van der Waals surface area contributed by atoms with Crippen molar-refractivity contribution in [1.82, 2.24) is 5.32 Å². The zero-order chi connectivity index (χ0) is 17.5. The number of hydrogen-bond acceptors (Lipinski definition) is 4. The number of aliphatic hydroxyl groups is 3. The molecule has 0 aromatic heterocycles. The summed E-state index contributed by atoms with van der Waals surface area (Å²) in [6.45, 7) is 1.59. The highest BCUT2D eigenvalue weighted by Gasteiger charge is 2.26. The van der Waals surface area contributed by atoms with Crippen LogP contribution in [0.2, 0.25) is 0 Å². The molecule has 0 amide bonds. The van der Waals surface area contributed by atoms with Crippen molar-refractivity contribution in [3.63, 3.8) is 0 Å². The Bertz CT molecular complexity index is 385. The summed E-state index contributed by atoms with van der Waals surface area (Å²) < 4.78 is 0. The summed E-state index contributed by atoms with van der Waals surface area (Å²) in [7, 11) is 0. The minimum atomic E-state index is -0.690. The average Bonchev–Trinajstić information content (AvgIpc) is 2.64. The van der Waals surface area contributed by atoms with E-state index in [4.69, 9.17) is 0 Å². The predicted octanol–water partition coefficient (Wildman–Crippen LogP) is 2.86. The Balaban J connectivity index is 1.88. The van der Waals surface area contributed by atoms with Gasteiger partial charge in [-0.2, -0.15) is 0 Å². The van der Waals surface area contributed by atoms with E-state index in [1.165, 1.54) is 37.7 Å². The second-order valence-electron chi connectivity index (χ2n) is 6.86. The SMILES string of the molecule is OCC(CO)(CO)CCCCCCCCCNCc1ccccc1. The molecule has 0 fully saturated rings. The third-order valence-corrected chi connectivity index (χ3v) is 4.74. The minimum absolute atomic E-state index is 0.143. The van der Waals surface area contributed by atoms with Crippen molar-refractivity contribution < 1.29 is 15.3 Å². The van der Waals surface area contributed by atoms with Crippen LogP contribution in [-0.4, -0.2) is 41.7 Å². The van der Waals surface area contributed by atoms with Crippen molar-refractivity contribution in [2.75, 3.05) is 26.4 Å². The van der Waals surface area contributed by atoms with Crippen molar-refractivity contribution in [2.45, 2.75) is 57.9 Å². The zero-order valence-electron chi connectivity index (χ0n) is 14.9. The highest BCUT2D eigenvalue weighted by atomic mass is 16.3. The lowest BCUT2D eigenvalue weighted by Crippen LogP contribution is -2.33. The first-order valence-electron chi connectivity index (χ1n) is 9.33. The van der Waals surface area contributed by atoms with Gasteiger partial charge in [-0.3, -0.25) is 0 Å². The van der Waals surface area contributed by atoms with E-state index in [-0.39, 0.29) is 19.8 Å². The Morgan fingerprint density at radius 3 is 1.83 bits per heavy atom. The first-order chi connectivity index (χ1) is 11.8. The molecule has 4 N–H and O–H groups in total. The van der Waals surface area contributed by atoms with Crippen LogP contribution in [0.15, 0.2) is 30.3 Å². The molecule has 0 saturated heterocycles. The van der Waals surface area contributed by atoms with E-state index < -0.39 is 5.41 Å². The minimum Gasteiger partial charge on any atom is -0.396 e. The molecule has 0 spiro atoms. The molecular formula is C20H35NO3. The first-order valence-corrected chi connectivity index (χ1v) is 9.33. The van der Waals surface area contributed by atoms with Crippen molar-refractivity contribution in [1.29, 1.82) is 0 Å². The lowest BCUT2D eigenvalue weighted by Gasteiger charge is -2.27. The van der Waals surface area contributed by atoms with Gasteiger partial charge in [-0.15, -0.1) is 0 Å². The molecule has 24 heavy (non-hydrogen) atoms. The summed E-state index contributed by atoms with van der Waals surface area (Å²) in [4.78, 5) is 0. The van der Waals surface area contributed by atoms with Gasteiger partial charge >= 0.3 is 0 Å². The fraction of sp³-hybridized carbons (Fsp3) is 0.700. The Labute approximate surface area is 146 Å². The third-order valence-electron chi connectivity index (χ3n) is 4.74. The van der Waals surface area contributed by atoms with Crippen LogP contribution in [0.4, 0.5) is 0 Å². The molecular weight excluding hydrogens is 302 g/mol. The normalized spacial score (nSPS) is 11.8. The van der Waals surface area contributed by atoms with Gasteiger partial charge in [-0.1, -0.05) is 68.9 Å². The lowest BCUT2D eigenvalue weighted by atomic mass is 9.85. The highest BCUT2D eigenvalue weighted by molar-refractivity contribution is 5.14. The summed E-state index contributed by atoms with van der Waals surface area (Å²) in [6.07, 6.45) is 8.93. The molecule has 1 rings (SSSR count). The second-order valence-corrected chi connectivity index (χ2v) is 6.86. The number of rotatable bonds is 15. The Morgan fingerprint density at radius 2 is 1.25 bits per heavy atom. The van der Waals surface area contributed by atoms with Gasteiger partial charge in [-0.05, 0) is 24.9 Å². The molecule has 4 nitrogen and oxygen atoms in total. The summed E-state index contributed by atoms with van der Waals surface area (Å²) in [5, 5.41) is 31.3. The van der Waals surface area contributed by atoms with Crippen LogP contribution in [0.3, 0.4) is 0 Å². The molecule has 1 aromatic rings. The third kappa shape index (κ3) is 8.78. The van der Waals surface area contributed by atoms with Crippen molar-refractivity contribution in [2.24, 2.45) is 5.41 Å². The Kier molecular flexibility index (Phi) is 11.7. The number of aliphatic hydroxyl groups excluding tert-OH is 3. The van der Waals surface area contributed by atoms with Crippen LogP contribution in [0.5, 0.6) is 0 Å². The molecule has 4 heteroatoms. The van der Waals surface area contributed by atoms with Gasteiger partial charge in [-0.25, -0.2) is 0 Å². The predicted molar refractivity (Wildman–Crippen MR) is 98.8 cm³/mol. The van der Waals surface area contributed by atoms with E-state index in [9.17, 15) is 15.3 Å². The monoisotopic (exact) mass is 337 g/mol. The zero-order valence-corrected chi connectivity index (χ0v) is 14.9. The van der Waals surface area contributed by atoms with E-state index in [1.54, 1.807) is 0 Å². The molecule has 1 aromatic carbocycles. The van der Waals surface area contributed by atoms with Crippen LogP contribution in [0.25, 0.3) is 0 Å². The fourth-order valence-corrected chi connectivity index (χ4v) is 2.85. The summed E-state index contributed by atoms with van der Waals surface area (Å²) in [5.74, 6) is 0. The molecule has 0 atom stereocenters. The maximum Gasteiger partial charge on any atom is 0.0531 e. The number of nitrogens with one attached hydrogen (secondary N) is 1. The number of hydrogen-bond donors (Lipinski definition) is 4. The summed E-state index contributed by atoms with van der Waals surface area (Å²) in [5.41, 5.74) is 0.645. The maximum absolute atomic E-state index is 9.27. The van der Waals surface area contributed by atoms with Crippen LogP contribution in [-0.2, 0) is 6.54 Å². The van der Waals surface area contributed by atoms with E-state index in [2.05, 4.69) is 29.6 Å². The molecule has 0 radical (unpaired) electrons. The van der Waals surface area contributed by atoms with Crippen molar-refractivity contribution in [3.05, 3.63) is 35.9 Å². The standard InChI is InChI=1S/C20H35NO3/c22-16-20(17-23,18-24)13-9-4-2-1-3-5-10-14-21-15-19-11-7-6-8-12-19/h6-8,11-12,21-24H,1-5,9-10,13-18H2. The Morgan fingerprint density at radius 1 is 0.708 bits per heavy atom. The van der Waals surface area contributed by atoms with Gasteiger partial charge in [0.15, 0.2) is 0 Å². The lowest BCUT2D eigenvalue weighted by molar-refractivity contribution is -0.00229. The van der Waals surface area contributed by atoms with E-state index in [0.29, 0.717) is 6.42 Å². The number of benzene rings is 1. The number of unbranched alkanes of at least 4 members (excludes halogenated alkanes) is 6. The van der Waals surface area contributed by atoms with E-state index in [1.807, 2.05) is 6.07 Å². The highest BCUT2D eigenvalue weighted by Crippen LogP contribution is 2.23. The largest absolute Gasteiger partial charge is 0.396 e. The van der Waals surface area contributed by atoms with Crippen LogP contribution < -0.4 is 5.32 Å². The summed E-state index contributed by atoms with van der Waals surface area (Å²) in [6, 6.07) is 10.5. The molecule has 0 aliphatic carbocycles. The van der Waals surface area contributed by atoms with Crippen LogP contribution in [0.1, 0.15) is 56.9 Å². The van der Waals surface area contributed by atoms with Gasteiger partial charge in [0.05, 0.1) is 19.8 Å². The molecule has 0 saturated carbocycles. The fourth-order valence-electron chi connectivity index (χ4n) is 2.85. The smallest absolute Gasteiger partial charge is 0.0531 e. The van der Waals surface area contributed by atoms with Gasteiger partial charge in [0, 0.05) is 12.0 Å². The first kappa shape index (κ1) is 21.1.